The summed E-state index contributed by atoms with van der Waals surface area (Å²) in [5.74, 6) is -0.185. The van der Waals surface area contributed by atoms with Crippen molar-refractivity contribution >= 4 is 25.8 Å². The predicted molar refractivity (Wildman–Crippen MR) is 83.4 cm³/mol. The Labute approximate surface area is 128 Å². The summed E-state index contributed by atoms with van der Waals surface area (Å²) in [6.45, 7) is 0.226. The molecule has 0 amide bonds. The van der Waals surface area contributed by atoms with Crippen molar-refractivity contribution in [2.75, 3.05) is 12.3 Å². The van der Waals surface area contributed by atoms with Gasteiger partial charge in [0.2, 0.25) is 0 Å². The Kier molecular flexibility index (Phi) is 5.23. The molecule has 6 heteroatoms. The van der Waals surface area contributed by atoms with Gasteiger partial charge in [0, 0.05) is 16.9 Å². The lowest BCUT2D eigenvalue weighted by molar-refractivity contribution is 0.133. The second-order valence-electron chi connectivity index (χ2n) is 5.29. The zero-order valence-electron chi connectivity index (χ0n) is 11.2. The molecule has 112 valence electrons. The maximum atomic E-state index is 12.1. The molecule has 0 spiro atoms. The van der Waals surface area contributed by atoms with Gasteiger partial charge in [-0.15, -0.1) is 0 Å². The van der Waals surface area contributed by atoms with Gasteiger partial charge in [-0.1, -0.05) is 34.5 Å². The first-order valence-corrected chi connectivity index (χ1v) is 9.31. The lowest BCUT2D eigenvalue weighted by Gasteiger charge is -2.31. The van der Waals surface area contributed by atoms with E-state index in [1.54, 1.807) is 0 Å². The van der Waals surface area contributed by atoms with E-state index in [2.05, 4.69) is 15.9 Å². The molecule has 20 heavy (non-hydrogen) atoms. The fraction of sp³-hybridized carbons (Fsp3) is 0.571. The van der Waals surface area contributed by atoms with Crippen LogP contribution in [0.25, 0.3) is 0 Å². The van der Waals surface area contributed by atoms with Crippen molar-refractivity contribution in [3.8, 4) is 0 Å². The van der Waals surface area contributed by atoms with Gasteiger partial charge in [0.25, 0.3) is 0 Å². The highest BCUT2D eigenvalue weighted by Gasteiger charge is 2.38. The van der Waals surface area contributed by atoms with Crippen LogP contribution in [-0.4, -0.2) is 37.2 Å². The van der Waals surface area contributed by atoms with Crippen LogP contribution >= 0.6 is 15.9 Å². The number of benzene rings is 1. The van der Waals surface area contributed by atoms with Crippen LogP contribution in [0.2, 0.25) is 0 Å². The molecule has 3 N–H and O–H groups in total. The summed E-state index contributed by atoms with van der Waals surface area (Å²) in [5, 5.41) is 9.85. The molecule has 1 heterocycles. The van der Waals surface area contributed by atoms with Crippen LogP contribution in [0.3, 0.4) is 0 Å². The molecule has 3 atom stereocenters. The zero-order chi connectivity index (χ0) is 14.8. The zero-order valence-corrected chi connectivity index (χ0v) is 13.6. The van der Waals surface area contributed by atoms with Gasteiger partial charge in [0.15, 0.2) is 9.84 Å². The highest BCUT2D eigenvalue weighted by molar-refractivity contribution is 9.10. The lowest BCUT2D eigenvalue weighted by Crippen LogP contribution is -2.43. The van der Waals surface area contributed by atoms with Gasteiger partial charge in [-0.2, -0.15) is 0 Å². The Morgan fingerprint density at radius 2 is 2.15 bits per heavy atom. The molecule has 3 unspecified atom stereocenters. The third-order valence-electron chi connectivity index (χ3n) is 3.95. The van der Waals surface area contributed by atoms with E-state index in [9.17, 15) is 13.5 Å². The second kappa shape index (κ2) is 6.56. The molecule has 2 rings (SSSR count). The smallest absolute Gasteiger partial charge is 0.155 e. The summed E-state index contributed by atoms with van der Waals surface area (Å²) >= 11 is 3.39. The van der Waals surface area contributed by atoms with Crippen LogP contribution in [0.1, 0.15) is 30.7 Å². The average Bonchev–Trinajstić information content (AvgIpc) is 2.39. The highest BCUT2D eigenvalue weighted by Crippen LogP contribution is 2.31. The summed E-state index contributed by atoms with van der Waals surface area (Å²) < 4.78 is 25.2. The monoisotopic (exact) mass is 361 g/mol. The molecule has 4 nitrogen and oxygen atoms in total. The van der Waals surface area contributed by atoms with Gasteiger partial charge in [-0.3, -0.25) is 0 Å². The summed E-state index contributed by atoms with van der Waals surface area (Å²) in [6.07, 6.45) is 1.11. The van der Waals surface area contributed by atoms with E-state index in [4.69, 9.17) is 5.73 Å². The van der Waals surface area contributed by atoms with Crippen LogP contribution in [-0.2, 0) is 9.84 Å². The summed E-state index contributed by atoms with van der Waals surface area (Å²) in [4.78, 5) is 0. The molecule has 0 saturated carbocycles. The number of aliphatic hydroxyl groups excluding tert-OH is 1. The van der Waals surface area contributed by atoms with Crippen molar-refractivity contribution in [3.05, 3.63) is 34.3 Å². The van der Waals surface area contributed by atoms with Crippen molar-refractivity contribution in [3.63, 3.8) is 0 Å². The molecule has 0 radical (unpaired) electrons. The Balaban J connectivity index is 2.27. The maximum Gasteiger partial charge on any atom is 0.155 e. The molecule has 0 aromatic heterocycles. The summed E-state index contributed by atoms with van der Waals surface area (Å²) in [7, 11) is -3.21. The SMILES string of the molecule is NCC(c1cccc(Br)c1)C(O)C1CCCCS1(=O)=O. The first kappa shape index (κ1) is 15.9. The number of hydrogen-bond donors (Lipinski definition) is 2. The van der Waals surface area contributed by atoms with Crippen LogP contribution in [0, 0.1) is 0 Å². The van der Waals surface area contributed by atoms with Crippen LogP contribution < -0.4 is 5.73 Å². The van der Waals surface area contributed by atoms with Gasteiger partial charge in [0.1, 0.15) is 0 Å². The number of aliphatic hydroxyl groups is 1. The van der Waals surface area contributed by atoms with E-state index in [0.717, 1.165) is 16.5 Å². The molecular weight excluding hydrogens is 342 g/mol. The van der Waals surface area contributed by atoms with E-state index in [-0.39, 0.29) is 18.2 Å². The highest BCUT2D eigenvalue weighted by atomic mass is 79.9. The van der Waals surface area contributed by atoms with Crippen LogP contribution in [0.15, 0.2) is 28.7 Å². The number of rotatable bonds is 4. The second-order valence-corrected chi connectivity index (χ2v) is 8.54. The molecule has 1 fully saturated rings. The van der Waals surface area contributed by atoms with Crippen LogP contribution in [0.5, 0.6) is 0 Å². The average molecular weight is 362 g/mol. The molecule has 1 aliphatic heterocycles. The molecule has 1 aromatic carbocycles. The molecule has 1 aromatic rings. The van der Waals surface area contributed by atoms with Gasteiger partial charge in [-0.25, -0.2) is 8.42 Å². The Morgan fingerprint density at radius 1 is 1.40 bits per heavy atom. The van der Waals surface area contributed by atoms with Gasteiger partial charge in [0.05, 0.1) is 17.1 Å². The number of nitrogens with two attached hydrogens (primary N) is 1. The van der Waals surface area contributed by atoms with Gasteiger partial charge in [-0.05, 0) is 30.5 Å². The fourth-order valence-corrected chi connectivity index (χ4v) is 5.30. The van der Waals surface area contributed by atoms with E-state index >= 15 is 0 Å². The number of hydrogen-bond acceptors (Lipinski definition) is 4. The van der Waals surface area contributed by atoms with Crippen molar-refractivity contribution in [1.29, 1.82) is 0 Å². The minimum absolute atomic E-state index is 0.171. The van der Waals surface area contributed by atoms with Crippen molar-refractivity contribution < 1.29 is 13.5 Å². The Bertz CT molecular complexity index is 561. The minimum atomic E-state index is -3.21. The third kappa shape index (κ3) is 3.42. The van der Waals surface area contributed by atoms with Crippen molar-refractivity contribution in [2.24, 2.45) is 5.73 Å². The molecule has 0 aliphatic carbocycles. The largest absolute Gasteiger partial charge is 0.391 e. The lowest BCUT2D eigenvalue weighted by atomic mass is 9.90. The molecule has 0 bridgehead atoms. The van der Waals surface area contributed by atoms with E-state index in [1.807, 2.05) is 24.3 Å². The topological polar surface area (TPSA) is 80.4 Å². The maximum absolute atomic E-state index is 12.1. The summed E-state index contributed by atoms with van der Waals surface area (Å²) in [5.41, 5.74) is 6.65. The Morgan fingerprint density at radius 3 is 2.75 bits per heavy atom. The Hall–Kier alpha value is -0.430. The fourth-order valence-electron chi connectivity index (χ4n) is 2.83. The van der Waals surface area contributed by atoms with Gasteiger partial charge >= 0.3 is 0 Å². The summed E-state index contributed by atoms with van der Waals surface area (Å²) in [6, 6.07) is 7.52. The van der Waals surface area contributed by atoms with Gasteiger partial charge < -0.3 is 10.8 Å². The predicted octanol–water partition coefficient (Wildman–Crippen LogP) is 1.82. The normalized spacial score (nSPS) is 25.1. The van der Waals surface area contributed by atoms with Crippen LogP contribution in [0.4, 0.5) is 0 Å². The van der Waals surface area contributed by atoms with E-state index in [0.29, 0.717) is 12.8 Å². The standard InChI is InChI=1S/C14H20BrNO3S/c15-11-5-3-4-10(8-11)12(9-16)14(17)13-6-1-2-7-20(13,18)19/h3-5,8,12-14,17H,1-2,6-7,9,16H2. The molecular formula is C14H20BrNO3S. The number of halogens is 1. The third-order valence-corrected chi connectivity index (χ3v) is 6.74. The van der Waals surface area contributed by atoms with E-state index in [1.165, 1.54) is 0 Å². The van der Waals surface area contributed by atoms with Crippen molar-refractivity contribution in [2.45, 2.75) is 36.5 Å². The first-order valence-electron chi connectivity index (χ1n) is 6.81. The number of sulfone groups is 1. The minimum Gasteiger partial charge on any atom is -0.391 e. The van der Waals surface area contributed by atoms with E-state index < -0.39 is 21.2 Å². The molecule has 1 aliphatic rings. The quantitative estimate of drug-likeness (QED) is 0.856. The first-order chi connectivity index (χ1) is 9.45. The van der Waals surface area contributed by atoms with Crippen molar-refractivity contribution in [1.82, 2.24) is 0 Å². The molecule has 1 saturated heterocycles.